The third-order valence-electron chi connectivity index (χ3n) is 8.36. The van der Waals surface area contributed by atoms with Crippen LogP contribution >= 0.6 is 0 Å². The summed E-state index contributed by atoms with van der Waals surface area (Å²) < 4.78 is 17.5. The van der Waals surface area contributed by atoms with Crippen LogP contribution in [0.25, 0.3) is 88.2 Å². The van der Waals surface area contributed by atoms with Crippen molar-refractivity contribution in [3.8, 4) is 11.4 Å². The summed E-state index contributed by atoms with van der Waals surface area (Å²) in [7, 11) is 0. The lowest BCUT2D eigenvalue weighted by Gasteiger charge is -2.09. The molecule has 0 fully saturated rings. The Labute approximate surface area is 226 Å². The molecular weight excluding hydrogens is 494 g/mol. The van der Waals surface area contributed by atoms with Gasteiger partial charge in [-0.3, -0.25) is 0 Å². The van der Waals surface area contributed by atoms with Gasteiger partial charge < -0.3 is 18.0 Å². The maximum atomic E-state index is 6.72. The Kier molecular flexibility index (Phi) is 3.62. The molecule has 0 bridgehead atoms. The van der Waals surface area contributed by atoms with Gasteiger partial charge in [-0.05, 0) is 78.9 Å². The zero-order valence-corrected chi connectivity index (χ0v) is 21.1. The van der Waals surface area contributed by atoms with Crippen LogP contribution in [-0.4, -0.2) is 14.1 Å². The molecule has 0 N–H and O–H groups in total. The highest BCUT2D eigenvalue weighted by atomic mass is 16.3. The maximum absolute atomic E-state index is 6.72. The van der Waals surface area contributed by atoms with Crippen molar-refractivity contribution in [1.82, 2.24) is 14.1 Å². The van der Waals surface area contributed by atoms with Gasteiger partial charge in [0.05, 0.1) is 32.8 Å². The van der Waals surface area contributed by atoms with Crippen LogP contribution in [0.2, 0.25) is 0 Å². The topological polar surface area (TPSA) is 49.0 Å². The molecule has 0 spiro atoms. The minimum atomic E-state index is 0.657. The van der Waals surface area contributed by atoms with Gasteiger partial charge in [0.2, 0.25) is 5.71 Å². The largest absolute Gasteiger partial charge is 0.456 e. The highest BCUT2D eigenvalue weighted by Crippen LogP contribution is 2.46. The van der Waals surface area contributed by atoms with Gasteiger partial charge in [0, 0.05) is 39.1 Å². The van der Waals surface area contributed by atoms with E-state index >= 15 is 0 Å². The molecule has 5 aromatic heterocycles. The number of rotatable bonds is 2. The molecule has 0 amide bonds. The molecule has 5 nitrogen and oxygen atoms in total. The summed E-state index contributed by atoms with van der Waals surface area (Å²) in [5, 5.41) is 6.78. The first-order chi connectivity index (χ1) is 19.8. The third-order valence-corrected chi connectivity index (χ3v) is 8.36. The van der Waals surface area contributed by atoms with Crippen LogP contribution in [0, 0.1) is 0 Å². The quantitative estimate of drug-likeness (QED) is 0.231. The number of nitrogens with zero attached hydrogens (tertiary/aromatic N) is 3. The molecule has 0 aliphatic heterocycles. The SMILES string of the molecule is c1ccc(-n2c3cccc4oc5cccc6c5c5c(c43)c2ccc5n6-c2ccc3oc4ncccc4c3c2)cc1. The zero-order valence-electron chi connectivity index (χ0n) is 21.1. The van der Waals surface area contributed by atoms with Crippen molar-refractivity contribution in [3.05, 3.63) is 115 Å². The first-order valence-corrected chi connectivity index (χ1v) is 13.4. The van der Waals surface area contributed by atoms with Crippen LogP contribution in [-0.2, 0) is 0 Å². The Morgan fingerprint density at radius 1 is 0.450 bits per heavy atom. The zero-order chi connectivity index (χ0) is 25.9. The monoisotopic (exact) mass is 513 g/mol. The van der Waals surface area contributed by atoms with E-state index in [-0.39, 0.29) is 0 Å². The van der Waals surface area contributed by atoms with Gasteiger partial charge in [-0.25, -0.2) is 4.98 Å². The summed E-state index contributed by atoms with van der Waals surface area (Å²) in [6.07, 6.45) is 1.77. The Bertz CT molecular complexity index is 2600. The van der Waals surface area contributed by atoms with Crippen molar-refractivity contribution in [1.29, 1.82) is 0 Å². The summed E-state index contributed by atoms with van der Waals surface area (Å²) in [5.74, 6) is 0. The molecule has 0 unspecified atom stereocenters. The number of hydrogen-bond acceptors (Lipinski definition) is 3. The predicted molar refractivity (Wildman–Crippen MR) is 161 cm³/mol. The van der Waals surface area contributed by atoms with Gasteiger partial charge in [0.15, 0.2) is 0 Å². The van der Waals surface area contributed by atoms with E-state index in [9.17, 15) is 0 Å². The molecule has 5 heteroatoms. The summed E-state index contributed by atoms with van der Waals surface area (Å²) in [4.78, 5) is 4.43. The summed E-state index contributed by atoms with van der Waals surface area (Å²) >= 11 is 0. The smallest absolute Gasteiger partial charge is 0.227 e. The fourth-order valence-corrected chi connectivity index (χ4v) is 6.79. The average Bonchev–Trinajstić information content (AvgIpc) is 3.61. The van der Waals surface area contributed by atoms with E-state index in [0.29, 0.717) is 5.71 Å². The van der Waals surface area contributed by atoms with Gasteiger partial charge in [-0.2, -0.15) is 0 Å². The van der Waals surface area contributed by atoms with Crippen molar-refractivity contribution in [3.63, 3.8) is 0 Å². The number of fused-ring (bicyclic) bond motifs is 3. The van der Waals surface area contributed by atoms with Crippen molar-refractivity contribution in [2.75, 3.05) is 0 Å². The van der Waals surface area contributed by atoms with Gasteiger partial charge >= 0.3 is 0 Å². The standard InChI is InChI=1S/C35H19N3O2/c1-2-7-20(8-3-1)37-24-10-4-12-29-31(24)33-26(37)15-16-27-34(33)32-25(11-5-13-30(32)39-29)38(27)21-14-17-28-23(19-21)22-9-6-18-36-35(22)40-28/h1-19H. The first-order valence-electron chi connectivity index (χ1n) is 13.4. The lowest BCUT2D eigenvalue weighted by atomic mass is 10.1. The van der Waals surface area contributed by atoms with E-state index in [1.165, 1.54) is 16.3 Å². The number of hydrogen-bond donors (Lipinski definition) is 0. The minimum Gasteiger partial charge on any atom is -0.456 e. The fourth-order valence-electron chi connectivity index (χ4n) is 6.79. The van der Waals surface area contributed by atoms with Crippen LogP contribution in [0.5, 0.6) is 0 Å². The molecule has 0 radical (unpaired) electrons. The molecule has 186 valence electrons. The second-order valence-corrected chi connectivity index (χ2v) is 10.4. The maximum Gasteiger partial charge on any atom is 0.227 e. The Balaban J connectivity index is 1.42. The van der Waals surface area contributed by atoms with E-state index < -0.39 is 0 Å². The van der Waals surface area contributed by atoms with E-state index in [1.54, 1.807) is 6.20 Å². The van der Waals surface area contributed by atoms with Crippen molar-refractivity contribution >= 4 is 76.8 Å². The van der Waals surface area contributed by atoms with Crippen LogP contribution in [0.4, 0.5) is 0 Å². The minimum absolute atomic E-state index is 0.657. The number of furan rings is 1. The fraction of sp³-hybridized carbons (Fsp3) is 0. The third kappa shape index (κ3) is 2.41. The van der Waals surface area contributed by atoms with Crippen LogP contribution in [0.3, 0.4) is 0 Å². The lowest BCUT2D eigenvalue weighted by molar-refractivity contribution is 0.654. The molecular formula is C35H19N3O2. The van der Waals surface area contributed by atoms with Crippen molar-refractivity contribution in [2.45, 2.75) is 0 Å². The molecule has 0 aliphatic carbocycles. The molecule has 40 heavy (non-hydrogen) atoms. The molecule has 10 aromatic rings. The normalized spacial score (nSPS) is 12.5. The van der Waals surface area contributed by atoms with E-state index in [4.69, 9.17) is 8.83 Å². The predicted octanol–water partition coefficient (Wildman–Crippen LogP) is 9.36. The first kappa shape index (κ1) is 20.4. The molecule has 0 aliphatic rings. The lowest BCUT2D eigenvalue weighted by Crippen LogP contribution is -1.94. The number of benzene rings is 5. The molecule has 10 rings (SSSR count). The van der Waals surface area contributed by atoms with Crippen LogP contribution < -0.4 is 0 Å². The van der Waals surface area contributed by atoms with E-state index in [0.717, 1.165) is 66.2 Å². The highest BCUT2D eigenvalue weighted by molar-refractivity contribution is 6.34. The second kappa shape index (κ2) is 7.10. The van der Waals surface area contributed by atoms with Crippen molar-refractivity contribution in [2.24, 2.45) is 0 Å². The van der Waals surface area contributed by atoms with Crippen LogP contribution in [0.15, 0.2) is 124 Å². The van der Waals surface area contributed by atoms with Crippen LogP contribution in [0.1, 0.15) is 0 Å². The van der Waals surface area contributed by atoms with Crippen molar-refractivity contribution < 1.29 is 8.83 Å². The molecule has 5 heterocycles. The Morgan fingerprint density at radius 2 is 1.12 bits per heavy atom. The number of aromatic nitrogens is 3. The second-order valence-electron chi connectivity index (χ2n) is 10.4. The summed E-state index contributed by atoms with van der Waals surface area (Å²) in [5.41, 5.74) is 10.0. The van der Waals surface area contributed by atoms with Gasteiger partial charge in [0.1, 0.15) is 16.7 Å². The van der Waals surface area contributed by atoms with Gasteiger partial charge in [-0.15, -0.1) is 0 Å². The van der Waals surface area contributed by atoms with Gasteiger partial charge in [-0.1, -0.05) is 30.3 Å². The highest BCUT2D eigenvalue weighted by Gasteiger charge is 2.24. The summed E-state index contributed by atoms with van der Waals surface area (Å²) in [6.45, 7) is 0. The molecule has 0 saturated heterocycles. The van der Waals surface area contributed by atoms with Gasteiger partial charge in [0.25, 0.3) is 0 Å². The van der Waals surface area contributed by atoms with E-state index in [1.807, 2.05) is 12.1 Å². The Morgan fingerprint density at radius 3 is 1.85 bits per heavy atom. The summed E-state index contributed by atoms with van der Waals surface area (Å²) in [6, 6.07) is 38.2. The average molecular weight is 514 g/mol. The number of pyridine rings is 1. The molecule has 5 aromatic carbocycles. The molecule has 0 saturated carbocycles. The number of para-hydroxylation sites is 1. The Hall–Kier alpha value is -5.55. The van der Waals surface area contributed by atoms with E-state index in [2.05, 4.69) is 111 Å². The molecule has 0 atom stereocenters.